The minimum atomic E-state index is 0.314. The van der Waals surface area contributed by atoms with Gasteiger partial charge in [0.15, 0.2) is 11.5 Å². The van der Waals surface area contributed by atoms with Gasteiger partial charge in [0.25, 0.3) is 0 Å². The van der Waals surface area contributed by atoms with Gasteiger partial charge in [0.05, 0.1) is 6.17 Å². The van der Waals surface area contributed by atoms with Crippen molar-refractivity contribution in [2.24, 2.45) is 0 Å². The number of hydrogen-bond donors (Lipinski definition) is 0. The van der Waals surface area contributed by atoms with Crippen LogP contribution >= 0.6 is 0 Å². The molecule has 0 bridgehead atoms. The summed E-state index contributed by atoms with van der Waals surface area (Å²) in [6, 6.07) is 6.22. The largest absolute Gasteiger partial charge is 0.341 e. The molecule has 0 spiro atoms. The summed E-state index contributed by atoms with van der Waals surface area (Å²) in [5, 5.41) is 14.9. The lowest BCUT2D eigenvalue weighted by atomic mass is 9.99. The van der Waals surface area contributed by atoms with Crippen LogP contribution in [0.5, 0.6) is 0 Å². The predicted octanol–water partition coefficient (Wildman–Crippen LogP) is 3.80. The Balaban J connectivity index is 2.01. The van der Waals surface area contributed by atoms with Crippen LogP contribution in [-0.4, -0.2) is 51.3 Å². The average Bonchev–Trinajstić information content (AvgIpc) is 3.40. The highest BCUT2D eigenvalue weighted by Crippen LogP contribution is 2.35. The highest BCUT2D eigenvalue weighted by Gasteiger charge is 2.32. The van der Waals surface area contributed by atoms with E-state index in [1.807, 2.05) is 16.6 Å². The molecule has 1 aliphatic heterocycles. The minimum absolute atomic E-state index is 0.314. The van der Waals surface area contributed by atoms with Crippen LogP contribution in [0, 0.1) is 18.3 Å². The van der Waals surface area contributed by atoms with Gasteiger partial charge in [-0.05, 0) is 70.0 Å². The summed E-state index contributed by atoms with van der Waals surface area (Å²) < 4.78 is 1.92. The number of nitrogens with zero attached hydrogens (tertiary/aromatic N) is 7. The Morgan fingerprint density at radius 2 is 2.03 bits per heavy atom. The summed E-state index contributed by atoms with van der Waals surface area (Å²) in [7, 11) is 4.26. The van der Waals surface area contributed by atoms with Gasteiger partial charge in [-0.1, -0.05) is 13.3 Å². The van der Waals surface area contributed by atoms with Crippen molar-refractivity contribution in [1.29, 1.82) is 5.26 Å². The highest BCUT2D eigenvalue weighted by atomic mass is 15.4. The van der Waals surface area contributed by atoms with Crippen molar-refractivity contribution in [3.05, 3.63) is 41.2 Å². The van der Waals surface area contributed by atoms with Gasteiger partial charge in [0.2, 0.25) is 0 Å². The molecule has 0 N–H and O–H groups in total. The molecule has 1 saturated heterocycles. The van der Waals surface area contributed by atoms with Gasteiger partial charge in [0.1, 0.15) is 17.5 Å². The van der Waals surface area contributed by atoms with Gasteiger partial charge < -0.3 is 4.90 Å². The molecule has 1 fully saturated rings. The van der Waals surface area contributed by atoms with E-state index in [4.69, 9.17) is 10.1 Å². The first kappa shape index (κ1) is 20.3. The maximum absolute atomic E-state index is 9.98. The van der Waals surface area contributed by atoms with Gasteiger partial charge in [0, 0.05) is 24.5 Å². The van der Waals surface area contributed by atoms with E-state index in [0.29, 0.717) is 23.2 Å². The molecule has 4 rings (SSSR count). The predicted molar refractivity (Wildman–Crippen MR) is 118 cm³/mol. The van der Waals surface area contributed by atoms with Crippen LogP contribution in [0.3, 0.4) is 0 Å². The molecule has 156 valence electrons. The van der Waals surface area contributed by atoms with E-state index < -0.39 is 0 Å². The fourth-order valence-electron chi connectivity index (χ4n) is 4.47. The number of pyridine rings is 2. The molecule has 0 aliphatic carbocycles. The molecular formula is C23H29N7. The van der Waals surface area contributed by atoms with Crippen LogP contribution in [0.15, 0.2) is 24.5 Å². The lowest BCUT2D eigenvalue weighted by Gasteiger charge is -2.33. The zero-order valence-corrected chi connectivity index (χ0v) is 18.3. The van der Waals surface area contributed by atoms with E-state index in [9.17, 15) is 5.26 Å². The first-order chi connectivity index (χ1) is 14.6. The van der Waals surface area contributed by atoms with Crippen molar-refractivity contribution in [3.8, 4) is 17.5 Å². The Bertz CT molecular complexity index is 1080. The van der Waals surface area contributed by atoms with Crippen LogP contribution in [0.4, 0.5) is 5.82 Å². The Morgan fingerprint density at radius 3 is 2.70 bits per heavy atom. The third-order valence-corrected chi connectivity index (χ3v) is 6.05. The Labute approximate surface area is 178 Å². The summed E-state index contributed by atoms with van der Waals surface area (Å²) >= 11 is 0. The van der Waals surface area contributed by atoms with Crippen molar-refractivity contribution in [2.45, 2.75) is 52.1 Å². The number of hydrogen-bond acceptors (Lipinski definition) is 6. The monoisotopic (exact) mass is 403 g/mol. The van der Waals surface area contributed by atoms with Crippen molar-refractivity contribution in [2.75, 3.05) is 25.5 Å². The zero-order valence-electron chi connectivity index (χ0n) is 18.3. The Morgan fingerprint density at radius 1 is 1.27 bits per heavy atom. The van der Waals surface area contributed by atoms with Gasteiger partial charge >= 0.3 is 0 Å². The Hall–Kier alpha value is -2.98. The average molecular weight is 404 g/mol. The van der Waals surface area contributed by atoms with Gasteiger partial charge in [-0.2, -0.15) is 9.78 Å². The molecule has 7 heteroatoms. The van der Waals surface area contributed by atoms with Gasteiger partial charge in [-0.3, -0.25) is 9.88 Å². The third-order valence-electron chi connectivity index (χ3n) is 6.05. The number of rotatable bonds is 6. The number of fused-ring (bicyclic) bond motifs is 1. The number of anilines is 1. The SMILES string of the molecule is CCCCc1c(C)c(C#N)c2nc(-c3ccncc3)nn2c1N1CCCC1N(C)C. The summed E-state index contributed by atoms with van der Waals surface area (Å²) in [6.07, 6.45) is 9.18. The van der Waals surface area contributed by atoms with E-state index in [1.165, 1.54) is 5.56 Å². The molecule has 1 atom stereocenters. The fraction of sp³-hybridized carbons (Fsp3) is 0.478. The van der Waals surface area contributed by atoms with Crippen LogP contribution in [0.25, 0.3) is 17.0 Å². The molecule has 3 aromatic rings. The fourth-order valence-corrected chi connectivity index (χ4v) is 4.47. The molecule has 0 amide bonds. The Kier molecular flexibility index (Phi) is 5.69. The summed E-state index contributed by atoms with van der Waals surface area (Å²) in [5.74, 6) is 1.72. The maximum Gasteiger partial charge on any atom is 0.182 e. The van der Waals surface area contributed by atoms with E-state index in [1.54, 1.807) is 12.4 Å². The van der Waals surface area contributed by atoms with Crippen LogP contribution in [0.1, 0.15) is 49.3 Å². The van der Waals surface area contributed by atoms with Crippen molar-refractivity contribution < 1.29 is 0 Å². The normalized spacial score (nSPS) is 16.5. The first-order valence-electron chi connectivity index (χ1n) is 10.7. The molecule has 0 saturated carbocycles. The van der Waals surface area contributed by atoms with Crippen molar-refractivity contribution >= 4 is 11.5 Å². The van der Waals surface area contributed by atoms with Crippen LogP contribution in [-0.2, 0) is 6.42 Å². The molecule has 1 aliphatic rings. The molecule has 4 heterocycles. The topological polar surface area (TPSA) is 73.3 Å². The zero-order chi connectivity index (χ0) is 21.3. The van der Waals surface area contributed by atoms with Gasteiger partial charge in [-0.25, -0.2) is 4.98 Å². The van der Waals surface area contributed by atoms with E-state index >= 15 is 0 Å². The first-order valence-corrected chi connectivity index (χ1v) is 10.7. The molecule has 0 radical (unpaired) electrons. The van der Waals surface area contributed by atoms with Crippen LogP contribution in [0.2, 0.25) is 0 Å². The summed E-state index contributed by atoms with van der Waals surface area (Å²) in [4.78, 5) is 13.6. The van der Waals surface area contributed by atoms with E-state index in [0.717, 1.165) is 55.6 Å². The number of nitriles is 1. The summed E-state index contributed by atoms with van der Waals surface area (Å²) in [5.41, 5.74) is 4.42. The molecular weight excluding hydrogens is 374 g/mol. The molecule has 1 unspecified atom stereocenters. The smallest absolute Gasteiger partial charge is 0.182 e. The second kappa shape index (κ2) is 8.41. The van der Waals surface area contributed by atoms with E-state index in [2.05, 4.69) is 48.8 Å². The van der Waals surface area contributed by atoms with Crippen molar-refractivity contribution in [3.63, 3.8) is 0 Å². The lowest BCUT2D eigenvalue weighted by molar-refractivity contribution is 0.299. The standard InChI is InChI=1S/C23H29N7/c1-5-6-8-18-16(2)19(15-24)22-26-21(17-10-12-25-13-11-17)27-30(22)23(18)29-14-7-9-20(29)28(3)4/h10-13,20H,5-9,14H2,1-4H3. The van der Waals surface area contributed by atoms with Crippen molar-refractivity contribution in [1.82, 2.24) is 24.5 Å². The second-order valence-corrected chi connectivity index (χ2v) is 8.20. The lowest BCUT2D eigenvalue weighted by Crippen LogP contribution is -2.42. The number of unbranched alkanes of at least 4 members (excludes halogenated alkanes) is 1. The number of aromatic nitrogens is 4. The molecule has 30 heavy (non-hydrogen) atoms. The van der Waals surface area contributed by atoms with Gasteiger partial charge in [-0.15, -0.1) is 5.10 Å². The van der Waals surface area contributed by atoms with E-state index in [-0.39, 0.29) is 0 Å². The third kappa shape index (κ3) is 3.41. The quantitative estimate of drug-likeness (QED) is 0.623. The molecule has 7 nitrogen and oxygen atoms in total. The molecule has 0 aromatic carbocycles. The molecule has 3 aromatic heterocycles. The minimum Gasteiger partial charge on any atom is -0.341 e. The highest BCUT2D eigenvalue weighted by molar-refractivity contribution is 5.71. The maximum atomic E-state index is 9.98. The summed E-state index contributed by atoms with van der Waals surface area (Å²) in [6.45, 7) is 5.25. The van der Waals surface area contributed by atoms with Crippen LogP contribution < -0.4 is 4.90 Å². The second-order valence-electron chi connectivity index (χ2n) is 8.20.